The van der Waals surface area contributed by atoms with Crippen molar-refractivity contribution in [1.29, 1.82) is 0 Å². The highest BCUT2D eigenvalue weighted by atomic mass is 16.3. The molecule has 4 rings (SSSR count). The molecule has 0 unspecified atom stereocenters. The van der Waals surface area contributed by atoms with Gasteiger partial charge in [-0.2, -0.15) is 0 Å². The van der Waals surface area contributed by atoms with Crippen molar-refractivity contribution < 1.29 is 10.2 Å². The molecular formula is C32H34N2O2. The molecule has 4 heteroatoms. The highest BCUT2D eigenvalue weighted by molar-refractivity contribution is 5.95. The Labute approximate surface area is 213 Å². The lowest BCUT2D eigenvalue weighted by Gasteiger charge is -2.09. The third kappa shape index (κ3) is 5.65. The molecule has 2 N–H and O–H groups in total. The number of rotatable bonds is 8. The summed E-state index contributed by atoms with van der Waals surface area (Å²) in [4.78, 5) is 9.54. The Hall–Kier alpha value is -3.92. The van der Waals surface area contributed by atoms with E-state index in [1.54, 1.807) is 12.4 Å². The smallest absolute Gasteiger partial charge is 0.127 e. The highest BCUT2D eigenvalue weighted by Crippen LogP contribution is 2.34. The lowest BCUT2D eigenvalue weighted by atomic mass is 10.0. The van der Waals surface area contributed by atoms with Crippen LogP contribution in [0, 0.1) is 13.8 Å². The highest BCUT2D eigenvalue weighted by Gasteiger charge is 2.09. The van der Waals surface area contributed by atoms with Crippen LogP contribution in [0.1, 0.15) is 60.1 Å². The first-order valence-electron chi connectivity index (χ1n) is 12.7. The zero-order valence-corrected chi connectivity index (χ0v) is 21.5. The summed E-state index contributed by atoms with van der Waals surface area (Å²) in [6.45, 7) is 8.12. The molecular weight excluding hydrogens is 444 g/mol. The second kappa shape index (κ2) is 11.2. The first-order chi connectivity index (χ1) is 17.4. The van der Waals surface area contributed by atoms with E-state index in [-0.39, 0.29) is 11.5 Å². The Morgan fingerprint density at radius 2 is 1.06 bits per heavy atom. The van der Waals surface area contributed by atoms with Gasteiger partial charge >= 0.3 is 0 Å². The van der Waals surface area contributed by atoms with Gasteiger partial charge in [0.2, 0.25) is 0 Å². The summed E-state index contributed by atoms with van der Waals surface area (Å²) >= 11 is 0. The summed E-state index contributed by atoms with van der Waals surface area (Å²) in [5.41, 5.74) is 6.85. The van der Waals surface area contributed by atoms with E-state index in [4.69, 9.17) is 9.98 Å². The van der Waals surface area contributed by atoms with Crippen molar-refractivity contribution in [2.45, 2.75) is 53.4 Å². The van der Waals surface area contributed by atoms with Crippen LogP contribution in [-0.2, 0) is 12.8 Å². The fourth-order valence-corrected chi connectivity index (χ4v) is 4.53. The molecule has 184 valence electrons. The average Bonchev–Trinajstić information content (AvgIpc) is 2.86. The monoisotopic (exact) mass is 478 g/mol. The Morgan fingerprint density at radius 3 is 1.44 bits per heavy atom. The van der Waals surface area contributed by atoms with E-state index in [2.05, 4.69) is 26.0 Å². The van der Waals surface area contributed by atoms with Crippen LogP contribution in [0.4, 0.5) is 11.4 Å². The van der Waals surface area contributed by atoms with E-state index in [0.29, 0.717) is 22.5 Å². The van der Waals surface area contributed by atoms with Crippen LogP contribution in [-0.4, -0.2) is 22.6 Å². The fourth-order valence-electron chi connectivity index (χ4n) is 4.53. The number of fused-ring (bicyclic) bond motifs is 1. The maximum Gasteiger partial charge on any atom is 0.127 e. The first-order valence-corrected chi connectivity index (χ1v) is 12.7. The van der Waals surface area contributed by atoms with Crippen molar-refractivity contribution in [2.24, 2.45) is 9.98 Å². The van der Waals surface area contributed by atoms with Crippen LogP contribution in [0.2, 0.25) is 0 Å². The summed E-state index contributed by atoms with van der Waals surface area (Å²) in [5, 5.41) is 23.4. The van der Waals surface area contributed by atoms with Crippen molar-refractivity contribution in [2.75, 3.05) is 0 Å². The van der Waals surface area contributed by atoms with Gasteiger partial charge in [0.05, 0.1) is 11.4 Å². The van der Waals surface area contributed by atoms with Crippen molar-refractivity contribution in [3.63, 3.8) is 0 Å². The minimum atomic E-state index is 0.248. The van der Waals surface area contributed by atoms with Crippen LogP contribution >= 0.6 is 0 Å². The zero-order valence-electron chi connectivity index (χ0n) is 21.5. The van der Waals surface area contributed by atoms with Gasteiger partial charge in [0.15, 0.2) is 0 Å². The molecule has 0 atom stereocenters. The van der Waals surface area contributed by atoms with Crippen molar-refractivity contribution >= 4 is 34.6 Å². The van der Waals surface area contributed by atoms with Crippen LogP contribution in [0.3, 0.4) is 0 Å². The molecule has 0 spiro atoms. The van der Waals surface area contributed by atoms with E-state index in [1.807, 2.05) is 62.4 Å². The molecule has 0 aliphatic heterocycles. The lowest BCUT2D eigenvalue weighted by molar-refractivity contribution is 0.469. The second-order valence-corrected chi connectivity index (χ2v) is 9.41. The van der Waals surface area contributed by atoms with E-state index < -0.39 is 0 Å². The molecule has 0 fully saturated rings. The summed E-state index contributed by atoms with van der Waals surface area (Å²) in [6, 6.07) is 20.2. The molecule has 0 heterocycles. The van der Waals surface area contributed by atoms with Gasteiger partial charge in [0.1, 0.15) is 11.5 Å². The van der Waals surface area contributed by atoms with Gasteiger partial charge in [-0.1, -0.05) is 63.1 Å². The minimum Gasteiger partial charge on any atom is -0.507 e. The number of phenols is 2. The molecule has 4 aromatic rings. The SMILES string of the molecule is CCCc1cc(C)c(O)c(C=Nc2cc3ccccc3cc2N=Cc2cc(CCC)cc(C)c2O)c1. The van der Waals surface area contributed by atoms with Gasteiger partial charge < -0.3 is 10.2 Å². The number of nitrogens with zero attached hydrogens (tertiary/aromatic N) is 2. The van der Waals surface area contributed by atoms with Gasteiger partial charge in [-0.25, -0.2) is 0 Å². The molecule has 0 saturated heterocycles. The number of aliphatic imine (C=N–C) groups is 2. The van der Waals surface area contributed by atoms with Crippen LogP contribution < -0.4 is 0 Å². The summed E-state index contributed by atoms with van der Waals surface area (Å²) < 4.78 is 0. The molecule has 0 bridgehead atoms. The van der Waals surface area contributed by atoms with Crippen molar-refractivity contribution in [3.05, 3.63) is 94.0 Å². The van der Waals surface area contributed by atoms with Gasteiger partial charge in [0, 0.05) is 23.6 Å². The summed E-state index contributed by atoms with van der Waals surface area (Å²) in [5.74, 6) is 0.496. The van der Waals surface area contributed by atoms with Gasteiger partial charge in [-0.3, -0.25) is 9.98 Å². The third-order valence-corrected chi connectivity index (χ3v) is 6.39. The quantitative estimate of drug-likeness (QED) is 0.250. The lowest BCUT2D eigenvalue weighted by Crippen LogP contribution is -1.92. The summed E-state index contributed by atoms with van der Waals surface area (Å²) in [6.07, 6.45) is 7.41. The molecule has 36 heavy (non-hydrogen) atoms. The number of aromatic hydroxyl groups is 2. The standard InChI is InChI=1S/C32H34N2O2/c1-5-9-23-13-21(3)31(35)27(15-23)19-33-29-17-25-11-7-8-12-26(25)18-30(29)34-20-28-16-24(10-6-2)14-22(4)32(28)36/h7-8,11-20,35-36H,5-6,9-10H2,1-4H3. The second-order valence-electron chi connectivity index (χ2n) is 9.41. The maximum absolute atomic E-state index is 10.6. The Kier molecular flexibility index (Phi) is 7.84. The number of phenolic OH excluding ortho intramolecular Hbond substituents is 2. The number of hydrogen-bond donors (Lipinski definition) is 2. The van der Waals surface area contributed by atoms with E-state index >= 15 is 0 Å². The van der Waals surface area contributed by atoms with Crippen LogP contribution in [0.15, 0.2) is 70.6 Å². The zero-order chi connectivity index (χ0) is 25.7. The molecule has 4 aromatic carbocycles. The largest absolute Gasteiger partial charge is 0.507 e. The predicted octanol–water partition coefficient (Wildman–Crippen LogP) is 8.27. The van der Waals surface area contributed by atoms with Crippen LogP contribution in [0.5, 0.6) is 11.5 Å². The van der Waals surface area contributed by atoms with Gasteiger partial charge in [-0.15, -0.1) is 0 Å². The normalized spacial score (nSPS) is 11.8. The van der Waals surface area contributed by atoms with Gasteiger partial charge in [-0.05, 0) is 84.0 Å². The van der Waals surface area contributed by atoms with E-state index in [0.717, 1.165) is 47.6 Å². The Morgan fingerprint density at radius 1 is 0.639 bits per heavy atom. The number of hydrogen-bond acceptors (Lipinski definition) is 4. The van der Waals surface area contributed by atoms with Gasteiger partial charge in [0.25, 0.3) is 0 Å². The summed E-state index contributed by atoms with van der Waals surface area (Å²) in [7, 11) is 0. The minimum absolute atomic E-state index is 0.248. The molecule has 4 nitrogen and oxygen atoms in total. The molecule has 0 aromatic heterocycles. The first kappa shape index (κ1) is 25.2. The van der Waals surface area contributed by atoms with E-state index in [9.17, 15) is 10.2 Å². The molecule has 0 saturated carbocycles. The van der Waals surface area contributed by atoms with E-state index in [1.165, 1.54) is 11.1 Å². The predicted molar refractivity (Wildman–Crippen MR) is 152 cm³/mol. The molecule has 0 amide bonds. The average molecular weight is 479 g/mol. The molecule has 0 radical (unpaired) electrons. The van der Waals surface area contributed by atoms with Crippen LogP contribution in [0.25, 0.3) is 10.8 Å². The maximum atomic E-state index is 10.6. The van der Waals surface area contributed by atoms with Crippen molar-refractivity contribution in [1.82, 2.24) is 0 Å². The Balaban J connectivity index is 1.78. The topological polar surface area (TPSA) is 65.2 Å². The van der Waals surface area contributed by atoms with Crippen molar-refractivity contribution in [3.8, 4) is 11.5 Å². The molecule has 0 aliphatic rings. The third-order valence-electron chi connectivity index (χ3n) is 6.39. The Bertz CT molecular complexity index is 1340. The number of aryl methyl sites for hydroxylation is 4. The molecule has 0 aliphatic carbocycles. The number of benzene rings is 4. The fraction of sp³-hybridized carbons (Fsp3) is 0.250.